The van der Waals surface area contributed by atoms with Gasteiger partial charge in [-0.1, -0.05) is 19.1 Å². The van der Waals surface area contributed by atoms with Crippen LogP contribution in [0.4, 0.5) is 0 Å². The molecule has 1 atom stereocenters. The van der Waals surface area contributed by atoms with E-state index in [9.17, 15) is 0 Å². The van der Waals surface area contributed by atoms with Gasteiger partial charge in [0.05, 0.1) is 0 Å². The predicted molar refractivity (Wildman–Crippen MR) is 34.0 cm³/mol. The SMILES string of the molecule is CC1=CC(C)[C]C=[C]1. The van der Waals surface area contributed by atoms with Crippen molar-refractivity contribution in [3.8, 4) is 0 Å². The molecule has 0 nitrogen and oxygen atoms in total. The van der Waals surface area contributed by atoms with E-state index in [0.717, 1.165) is 0 Å². The Morgan fingerprint density at radius 1 is 1.62 bits per heavy atom. The van der Waals surface area contributed by atoms with Crippen molar-refractivity contribution in [2.45, 2.75) is 13.8 Å². The third-order valence-electron chi connectivity index (χ3n) is 1.15. The summed E-state index contributed by atoms with van der Waals surface area (Å²) in [4.78, 5) is 0. The summed E-state index contributed by atoms with van der Waals surface area (Å²) in [5.41, 5.74) is 1.22. The molecule has 0 amide bonds. The molecule has 0 saturated heterocycles. The second-order valence-corrected chi connectivity index (χ2v) is 2.09. The molecule has 1 aliphatic rings. The Balaban J connectivity index is 2.63. The summed E-state index contributed by atoms with van der Waals surface area (Å²) in [5, 5.41) is 0. The lowest BCUT2D eigenvalue weighted by Crippen LogP contribution is -1.93. The zero-order valence-electron chi connectivity index (χ0n) is 5.23. The van der Waals surface area contributed by atoms with Gasteiger partial charge in [0.2, 0.25) is 0 Å². The minimum Gasteiger partial charge on any atom is -0.0772 e. The van der Waals surface area contributed by atoms with Crippen LogP contribution in [0.2, 0.25) is 0 Å². The van der Waals surface area contributed by atoms with Crippen molar-refractivity contribution in [3.63, 3.8) is 0 Å². The fourth-order valence-electron chi connectivity index (χ4n) is 0.758. The summed E-state index contributed by atoms with van der Waals surface area (Å²) in [7, 11) is 0. The normalized spacial score (nSPS) is 27.8. The van der Waals surface area contributed by atoms with Crippen LogP contribution in [0.15, 0.2) is 17.7 Å². The summed E-state index contributed by atoms with van der Waals surface area (Å²) in [6.45, 7) is 4.16. The van der Waals surface area contributed by atoms with Crippen LogP contribution < -0.4 is 0 Å². The fourth-order valence-corrected chi connectivity index (χ4v) is 0.758. The van der Waals surface area contributed by atoms with E-state index >= 15 is 0 Å². The molecule has 0 heteroatoms. The molecule has 1 rings (SSSR count). The first-order valence-corrected chi connectivity index (χ1v) is 2.82. The van der Waals surface area contributed by atoms with Crippen molar-refractivity contribution in [3.05, 3.63) is 30.2 Å². The van der Waals surface area contributed by atoms with E-state index in [0.29, 0.717) is 5.92 Å². The van der Waals surface area contributed by atoms with E-state index in [1.807, 2.05) is 13.0 Å². The molecule has 8 heavy (non-hydrogen) atoms. The van der Waals surface area contributed by atoms with Crippen molar-refractivity contribution >= 4 is 0 Å². The van der Waals surface area contributed by atoms with Gasteiger partial charge in [-0.3, -0.25) is 0 Å². The molecule has 0 fully saturated rings. The summed E-state index contributed by atoms with van der Waals surface area (Å²) in [6.07, 6.45) is 10.1. The lowest BCUT2D eigenvalue weighted by Gasteiger charge is -2.05. The first kappa shape index (κ1) is 5.61. The van der Waals surface area contributed by atoms with E-state index < -0.39 is 0 Å². The zero-order valence-corrected chi connectivity index (χ0v) is 5.23. The molecular formula is C8H9. The monoisotopic (exact) mass is 105 g/mol. The summed E-state index contributed by atoms with van der Waals surface area (Å²) in [5.74, 6) is 0.483. The highest BCUT2D eigenvalue weighted by Gasteiger charge is 1.99. The van der Waals surface area contributed by atoms with Gasteiger partial charge >= 0.3 is 0 Å². The fraction of sp³-hybridized carbons (Fsp3) is 0.375. The van der Waals surface area contributed by atoms with Crippen molar-refractivity contribution in [2.24, 2.45) is 5.92 Å². The van der Waals surface area contributed by atoms with E-state index in [4.69, 9.17) is 0 Å². The second kappa shape index (κ2) is 2.17. The van der Waals surface area contributed by atoms with Gasteiger partial charge in [0.15, 0.2) is 0 Å². The Bertz CT molecular complexity index is 129. The Hall–Kier alpha value is -0.520. The first-order chi connectivity index (χ1) is 3.79. The molecule has 0 aromatic carbocycles. The number of rotatable bonds is 0. The minimum absolute atomic E-state index is 0.483. The molecule has 1 aliphatic carbocycles. The molecule has 1 unspecified atom stereocenters. The topological polar surface area (TPSA) is 0 Å². The zero-order chi connectivity index (χ0) is 5.98. The van der Waals surface area contributed by atoms with E-state index in [-0.39, 0.29) is 0 Å². The number of hydrogen-bond donors (Lipinski definition) is 0. The Labute approximate surface area is 50.9 Å². The van der Waals surface area contributed by atoms with Gasteiger partial charge in [0.25, 0.3) is 0 Å². The highest BCUT2D eigenvalue weighted by molar-refractivity contribution is 5.21. The second-order valence-electron chi connectivity index (χ2n) is 2.09. The average Bonchev–Trinajstić information content (AvgIpc) is 1.64. The average molecular weight is 105 g/mol. The summed E-state index contributed by atoms with van der Waals surface area (Å²) >= 11 is 0. The standard InChI is InChI=1S/C8H9/c1-7-4-3-5-8(2)6-7/h3,6-7H,1-2H3. The third kappa shape index (κ3) is 1.22. The van der Waals surface area contributed by atoms with Gasteiger partial charge in [-0.2, -0.15) is 0 Å². The van der Waals surface area contributed by atoms with Gasteiger partial charge in [0, 0.05) is 6.42 Å². The summed E-state index contributed by atoms with van der Waals surface area (Å²) < 4.78 is 0. The third-order valence-corrected chi connectivity index (χ3v) is 1.15. The largest absolute Gasteiger partial charge is 0.0772 e. The number of allylic oxidation sites excluding steroid dienone is 4. The lowest BCUT2D eigenvalue weighted by atomic mass is 9.99. The highest BCUT2D eigenvalue weighted by Crippen LogP contribution is 2.12. The van der Waals surface area contributed by atoms with Crippen LogP contribution in [-0.4, -0.2) is 0 Å². The lowest BCUT2D eigenvalue weighted by molar-refractivity contribution is 0.863. The Kier molecular flexibility index (Phi) is 1.52. The van der Waals surface area contributed by atoms with Crippen LogP contribution in [0.5, 0.6) is 0 Å². The van der Waals surface area contributed by atoms with E-state index in [1.54, 1.807) is 0 Å². The summed E-state index contributed by atoms with van der Waals surface area (Å²) in [6, 6.07) is 0. The Morgan fingerprint density at radius 2 is 2.38 bits per heavy atom. The van der Waals surface area contributed by atoms with Crippen LogP contribution in [0.1, 0.15) is 13.8 Å². The van der Waals surface area contributed by atoms with Crippen molar-refractivity contribution in [2.75, 3.05) is 0 Å². The van der Waals surface area contributed by atoms with Crippen molar-refractivity contribution in [1.82, 2.24) is 0 Å². The molecular weight excluding hydrogens is 96.1 g/mol. The predicted octanol–water partition coefficient (Wildman–Crippen LogP) is 2.02. The van der Waals surface area contributed by atoms with Crippen LogP contribution in [0.3, 0.4) is 0 Å². The number of hydrogen-bond acceptors (Lipinski definition) is 0. The molecule has 3 radical (unpaired) electrons. The first-order valence-electron chi connectivity index (χ1n) is 2.82. The maximum atomic E-state index is 3.10. The van der Waals surface area contributed by atoms with Gasteiger partial charge in [0.1, 0.15) is 0 Å². The van der Waals surface area contributed by atoms with Gasteiger partial charge in [-0.05, 0) is 24.5 Å². The molecule has 0 heterocycles. The molecule has 0 aliphatic heterocycles. The van der Waals surface area contributed by atoms with Crippen molar-refractivity contribution in [1.29, 1.82) is 0 Å². The van der Waals surface area contributed by atoms with Gasteiger partial charge in [-0.15, -0.1) is 0 Å². The van der Waals surface area contributed by atoms with Crippen LogP contribution >= 0.6 is 0 Å². The maximum Gasteiger partial charge on any atom is 0.0163 e. The highest BCUT2D eigenvalue weighted by atomic mass is 14.0. The molecule has 0 saturated carbocycles. The van der Waals surface area contributed by atoms with Gasteiger partial charge in [-0.25, -0.2) is 0 Å². The van der Waals surface area contributed by atoms with Crippen LogP contribution in [-0.2, 0) is 0 Å². The quantitative estimate of drug-likeness (QED) is 0.442. The van der Waals surface area contributed by atoms with Crippen LogP contribution in [0.25, 0.3) is 0 Å². The Morgan fingerprint density at radius 3 is 2.75 bits per heavy atom. The molecule has 0 aromatic heterocycles. The van der Waals surface area contributed by atoms with E-state index in [1.165, 1.54) is 5.57 Å². The molecule has 0 spiro atoms. The molecule has 0 aromatic rings. The molecule has 0 N–H and O–H groups in total. The van der Waals surface area contributed by atoms with Crippen LogP contribution in [0, 0.1) is 18.4 Å². The molecule has 41 valence electrons. The van der Waals surface area contributed by atoms with Crippen molar-refractivity contribution < 1.29 is 0 Å². The van der Waals surface area contributed by atoms with Gasteiger partial charge < -0.3 is 0 Å². The maximum absolute atomic E-state index is 3.10. The molecule has 0 bridgehead atoms. The smallest absolute Gasteiger partial charge is 0.0163 e. The van der Waals surface area contributed by atoms with E-state index in [2.05, 4.69) is 25.5 Å². The minimum atomic E-state index is 0.483.